The molecule has 0 saturated carbocycles. The van der Waals surface area contributed by atoms with Crippen LogP contribution in [0.5, 0.6) is 0 Å². The monoisotopic (exact) mass is 403 g/mol. The van der Waals surface area contributed by atoms with Crippen LogP contribution in [0.2, 0.25) is 0 Å². The Hall–Kier alpha value is -2.20. The Morgan fingerprint density at radius 2 is 1.45 bits per heavy atom. The summed E-state index contributed by atoms with van der Waals surface area (Å²) in [4.78, 5) is 8.71. The maximum Gasteiger partial charge on any atom is 0.121 e. The minimum atomic E-state index is 0.486. The lowest BCUT2D eigenvalue weighted by molar-refractivity contribution is 0.198. The lowest BCUT2D eigenvalue weighted by Crippen LogP contribution is -2.03. The van der Waals surface area contributed by atoms with E-state index in [2.05, 4.69) is 30.4 Å². The molecule has 0 amide bonds. The molecule has 1 aromatic carbocycles. The average Bonchev–Trinajstić information content (AvgIpc) is 2.73. The molecule has 2 N–H and O–H groups in total. The second-order valence-corrected chi connectivity index (χ2v) is 5.74. The van der Waals surface area contributed by atoms with Crippen LogP contribution < -0.4 is 5.73 Å². The molecule has 4 nitrogen and oxygen atoms in total. The van der Waals surface area contributed by atoms with Crippen LogP contribution in [-0.4, -0.2) is 11.9 Å². The molecule has 0 heterocycles. The van der Waals surface area contributed by atoms with Crippen molar-refractivity contribution >= 4 is 11.9 Å². The summed E-state index contributed by atoms with van der Waals surface area (Å²) in [7, 11) is 0. The van der Waals surface area contributed by atoms with E-state index in [4.69, 9.17) is 10.5 Å². The van der Waals surface area contributed by atoms with Crippen LogP contribution in [-0.2, 0) is 17.9 Å². The number of ether oxygens (including phenoxy) is 1. The number of rotatable bonds is 7. The molecule has 4 heteroatoms. The summed E-state index contributed by atoms with van der Waals surface area (Å²) < 4.78 is 5.84. The summed E-state index contributed by atoms with van der Waals surface area (Å²) in [5.74, 6) is 0.739. The van der Waals surface area contributed by atoms with Crippen molar-refractivity contribution in [2.24, 2.45) is 15.7 Å². The molecule has 0 aromatic heterocycles. The van der Waals surface area contributed by atoms with E-state index in [1.165, 1.54) is 6.42 Å². The predicted octanol–water partition coefficient (Wildman–Crippen LogP) is 7.45. The Labute approximate surface area is 180 Å². The molecular weight excluding hydrogens is 358 g/mol. The average molecular weight is 404 g/mol. The van der Waals surface area contributed by atoms with E-state index in [-0.39, 0.29) is 0 Å². The minimum Gasteiger partial charge on any atom is -0.491 e. The van der Waals surface area contributed by atoms with Crippen LogP contribution >= 0.6 is 0 Å². The third-order valence-electron chi connectivity index (χ3n) is 3.01. The zero-order valence-corrected chi connectivity index (χ0v) is 20.6. The number of hydrogen-bond acceptors (Lipinski definition) is 4. The molecule has 0 bridgehead atoms. The molecule has 0 aliphatic rings. The third-order valence-corrected chi connectivity index (χ3v) is 3.01. The third kappa shape index (κ3) is 16.5. The summed E-state index contributed by atoms with van der Waals surface area (Å²) in [5, 5.41) is 0. The second kappa shape index (κ2) is 22.1. The van der Waals surface area contributed by atoms with E-state index in [1.807, 2.05) is 79.7 Å². The van der Waals surface area contributed by atoms with Gasteiger partial charge in [-0.2, -0.15) is 0 Å². The first-order chi connectivity index (χ1) is 13.9. The Morgan fingerprint density at radius 1 is 1.00 bits per heavy atom. The van der Waals surface area contributed by atoms with Crippen molar-refractivity contribution in [2.75, 3.05) is 0 Å². The van der Waals surface area contributed by atoms with Crippen LogP contribution in [0.15, 0.2) is 58.0 Å². The maximum atomic E-state index is 5.84. The van der Waals surface area contributed by atoms with Crippen molar-refractivity contribution in [3.8, 4) is 0 Å². The molecule has 1 aromatic rings. The minimum absolute atomic E-state index is 0.486. The van der Waals surface area contributed by atoms with Crippen LogP contribution in [0, 0.1) is 0 Å². The van der Waals surface area contributed by atoms with Gasteiger partial charge in [0.2, 0.25) is 0 Å². The highest BCUT2D eigenvalue weighted by molar-refractivity contribution is 5.99. The lowest BCUT2D eigenvalue weighted by atomic mass is 10.1. The van der Waals surface area contributed by atoms with E-state index in [1.54, 1.807) is 6.21 Å². The lowest BCUT2D eigenvalue weighted by Gasteiger charge is -2.11. The van der Waals surface area contributed by atoms with Gasteiger partial charge in [0.15, 0.2) is 0 Å². The number of hydrogen-bond donors (Lipinski definition) is 1. The van der Waals surface area contributed by atoms with Gasteiger partial charge in [0, 0.05) is 18.5 Å². The Morgan fingerprint density at radius 3 is 1.83 bits per heavy atom. The van der Waals surface area contributed by atoms with Gasteiger partial charge in [-0.1, -0.05) is 78.8 Å². The van der Waals surface area contributed by atoms with Crippen molar-refractivity contribution in [1.82, 2.24) is 0 Å². The largest absolute Gasteiger partial charge is 0.491 e. The van der Waals surface area contributed by atoms with Crippen LogP contribution in [0.4, 0.5) is 0 Å². The van der Waals surface area contributed by atoms with Gasteiger partial charge in [0.05, 0.1) is 5.71 Å². The number of nitrogens with two attached hydrogens (primary N) is 1. The number of nitrogens with zero attached hydrogens (tertiary/aromatic N) is 2. The standard InChI is InChI=1S/C18H25N3O.C3H8.2C2H6/c1-6-20-18(14(4)21-13(2)3)15(5)22-12-17-9-7-16(11-19)8-10-17;1-3-2;2*1-2/h6-10H,2,11-12,19H2,1,3-5H3;3H2,1-2H3;2*1-2H3/b18-15-,20-6?,21-14?;;;. The highest BCUT2D eigenvalue weighted by Crippen LogP contribution is 2.14. The Balaban J connectivity index is -0.000000856. The van der Waals surface area contributed by atoms with E-state index in [0.717, 1.165) is 34.0 Å². The van der Waals surface area contributed by atoms with Crippen molar-refractivity contribution in [3.05, 3.63) is 59.1 Å². The molecule has 0 spiro atoms. The van der Waals surface area contributed by atoms with Crippen molar-refractivity contribution < 1.29 is 4.74 Å². The number of aliphatic imine (C=N–C) groups is 2. The molecule has 1 rings (SSSR count). The van der Waals surface area contributed by atoms with Gasteiger partial charge >= 0.3 is 0 Å². The fraction of sp³-hybridized carbons (Fsp3) is 0.520. The molecule has 0 saturated heterocycles. The first kappa shape index (κ1) is 31.5. The fourth-order valence-corrected chi connectivity index (χ4v) is 1.94. The second-order valence-electron chi connectivity index (χ2n) is 5.74. The van der Waals surface area contributed by atoms with Gasteiger partial charge in [-0.3, -0.25) is 9.98 Å². The van der Waals surface area contributed by atoms with Gasteiger partial charge in [-0.05, 0) is 38.8 Å². The zero-order valence-electron chi connectivity index (χ0n) is 20.6. The Kier molecular flexibility index (Phi) is 24.0. The topological polar surface area (TPSA) is 60.0 Å². The number of allylic oxidation sites excluding steroid dienone is 3. The van der Waals surface area contributed by atoms with Crippen molar-refractivity contribution in [3.63, 3.8) is 0 Å². The highest BCUT2D eigenvalue weighted by Gasteiger charge is 2.07. The highest BCUT2D eigenvalue weighted by atomic mass is 16.5. The number of benzene rings is 1. The molecule has 0 fully saturated rings. The molecule has 0 unspecified atom stereocenters. The summed E-state index contributed by atoms with van der Waals surface area (Å²) >= 11 is 0. The van der Waals surface area contributed by atoms with E-state index < -0.39 is 0 Å². The molecule has 0 aliphatic heterocycles. The van der Waals surface area contributed by atoms with E-state index >= 15 is 0 Å². The normalized spacial score (nSPS) is 11.1. The first-order valence-electron chi connectivity index (χ1n) is 10.7. The fourth-order valence-electron chi connectivity index (χ4n) is 1.94. The molecule has 29 heavy (non-hydrogen) atoms. The summed E-state index contributed by atoms with van der Waals surface area (Å²) in [6.45, 7) is 24.6. The summed E-state index contributed by atoms with van der Waals surface area (Å²) in [6.07, 6.45) is 2.98. The van der Waals surface area contributed by atoms with Crippen LogP contribution in [0.1, 0.15) is 86.8 Å². The van der Waals surface area contributed by atoms with E-state index in [0.29, 0.717) is 13.2 Å². The zero-order chi connectivity index (χ0) is 23.2. The van der Waals surface area contributed by atoms with Gasteiger partial charge in [0.1, 0.15) is 18.1 Å². The first-order valence-corrected chi connectivity index (χ1v) is 10.7. The smallest absolute Gasteiger partial charge is 0.121 e. The SMILES string of the molecule is C=C(C)N=C(C)/C(N=CC)=C(\C)OCc1ccc(CN)cc1.CC.CC.CCC. The quantitative estimate of drug-likeness (QED) is 0.379. The van der Waals surface area contributed by atoms with Gasteiger partial charge < -0.3 is 10.5 Å². The van der Waals surface area contributed by atoms with Gasteiger partial charge in [-0.25, -0.2) is 0 Å². The van der Waals surface area contributed by atoms with Crippen LogP contribution in [0.3, 0.4) is 0 Å². The van der Waals surface area contributed by atoms with E-state index in [9.17, 15) is 0 Å². The van der Waals surface area contributed by atoms with Crippen molar-refractivity contribution in [2.45, 2.75) is 88.8 Å². The molecule has 0 atom stereocenters. The summed E-state index contributed by atoms with van der Waals surface area (Å²) in [5.41, 5.74) is 10.1. The summed E-state index contributed by atoms with van der Waals surface area (Å²) in [6, 6.07) is 8.06. The maximum absolute atomic E-state index is 5.84. The predicted molar refractivity (Wildman–Crippen MR) is 133 cm³/mol. The molecular formula is C25H45N3O. The van der Waals surface area contributed by atoms with Gasteiger partial charge in [-0.15, -0.1) is 0 Å². The van der Waals surface area contributed by atoms with Crippen LogP contribution in [0.25, 0.3) is 0 Å². The molecule has 166 valence electrons. The molecule has 0 aliphatic carbocycles. The van der Waals surface area contributed by atoms with Crippen molar-refractivity contribution in [1.29, 1.82) is 0 Å². The Bertz CT molecular complexity index is 611. The molecule has 0 radical (unpaired) electrons. The van der Waals surface area contributed by atoms with Gasteiger partial charge in [0.25, 0.3) is 0 Å².